The summed E-state index contributed by atoms with van der Waals surface area (Å²) in [6.07, 6.45) is 4.74. The van der Waals surface area contributed by atoms with Crippen LogP contribution >= 0.6 is 0 Å². The highest BCUT2D eigenvalue weighted by Crippen LogP contribution is 2.21. The molecule has 0 aromatic rings. The van der Waals surface area contributed by atoms with Crippen LogP contribution in [0, 0.1) is 5.41 Å². The van der Waals surface area contributed by atoms with Crippen molar-refractivity contribution in [2.45, 2.75) is 52.6 Å². The summed E-state index contributed by atoms with van der Waals surface area (Å²) in [6, 6.07) is 0. The van der Waals surface area contributed by atoms with Crippen LogP contribution in [0.25, 0.3) is 0 Å². The third-order valence-corrected chi connectivity index (χ3v) is 2.77. The molecule has 1 aliphatic heterocycles. The monoisotopic (exact) mass is 199 g/mol. The molecule has 14 heavy (non-hydrogen) atoms. The second-order valence-corrected chi connectivity index (χ2v) is 5.78. The van der Waals surface area contributed by atoms with Crippen LogP contribution in [0.2, 0.25) is 0 Å². The Labute approximate surface area is 88.3 Å². The molecule has 1 aliphatic rings. The van der Waals surface area contributed by atoms with Crippen molar-refractivity contribution >= 4 is 0 Å². The number of hydrogen-bond donors (Lipinski definition) is 1. The Kier molecular flexibility index (Phi) is 4.39. The van der Waals surface area contributed by atoms with Gasteiger partial charge in [-0.05, 0) is 37.8 Å². The summed E-state index contributed by atoms with van der Waals surface area (Å²) in [7, 11) is 0. The smallest absolute Gasteiger partial charge is 0.0672 e. The number of rotatable bonds is 3. The summed E-state index contributed by atoms with van der Waals surface area (Å²) < 4.78 is 0. The van der Waals surface area contributed by atoms with Crippen molar-refractivity contribution in [2.24, 2.45) is 5.41 Å². The summed E-state index contributed by atoms with van der Waals surface area (Å²) in [5, 5.41) is 9.90. The maximum absolute atomic E-state index is 9.90. The lowest BCUT2D eigenvalue weighted by atomic mass is 9.89. The van der Waals surface area contributed by atoms with Gasteiger partial charge in [0.2, 0.25) is 0 Å². The number of likely N-dealkylation sites (tertiary alicyclic amines) is 1. The largest absolute Gasteiger partial charge is 0.392 e. The zero-order chi connectivity index (χ0) is 10.6. The first-order chi connectivity index (χ1) is 6.47. The van der Waals surface area contributed by atoms with Crippen molar-refractivity contribution in [3.63, 3.8) is 0 Å². The first-order valence-corrected chi connectivity index (χ1v) is 5.88. The van der Waals surface area contributed by atoms with Crippen LogP contribution in [0.1, 0.15) is 46.5 Å². The Morgan fingerprint density at radius 1 is 1.14 bits per heavy atom. The molecule has 84 valence electrons. The lowest BCUT2D eigenvalue weighted by Crippen LogP contribution is -2.37. The molecule has 0 radical (unpaired) electrons. The summed E-state index contributed by atoms with van der Waals surface area (Å²) >= 11 is 0. The number of aliphatic hydroxyl groups is 1. The van der Waals surface area contributed by atoms with E-state index >= 15 is 0 Å². The fraction of sp³-hybridized carbons (Fsp3) is 1.00. The second kappa shape index (κ2) is 5.13. The highest BCUT2D eigenvalue weighted by molar-refractivity contribution is 4.73. The number of piperidine rings is 1. The van der Waals surface area contributed by atoms with Crippen LogP contribution in [0.5, 0.6) is 0 Å². The van der Waals surface area contributed by atoms with E-state index in [4.69, 9.17) is 0 Å². The van der Waals surface area contributed by atoms with Gasteiger partial charge in [-0.15, -0.1) is 0 Å². The van der Waals surface area contributed by atoms with E-state index < -0.39 is 0 Å². The molecular weight excluding hydrogens is 174 g/mol. The molecule has 0 spiro atoms. The molecule has 2 heteroatoms. The van der Waals surface area contributed by atoms with Gasteiger partial charge in [-0.2, -0.15) is 0 Å². The van der Waals surface area contributed by atoms with E-state index in [0.717, 1.165) is 13.0 Å². The molecule has 1 fully saturated rings. The predicted octanol–water partition coefficient (Wildman–Crippen LogP) is 2.27. The normalized spacial score (nSPS) is 22.3. The van der Waals surface area contributed by atoms with E-state index in [0.29, 0.717) is 0 Å². The topological polar surface area (TPSA) is 23.5 Å². The number of nitrogens with zero attached hydrogens (tertiary/aromatic N) is 1. The van der Waals surface area contributed by atoms with Crippen LogP contribution in [0.3, 0.4) is 0 Å². The molecule has 1 saturated heterocycles. The van der Waals surface area contributed by atoms with Gasteiger partial charge in [0.25, 0.3) is 0 Å². The molecular formula is C12H25NO. The van der Waals surface area contributed by atoms with Gasteiger partial charge in [0, 0.05) is 6.54 Å². The Bertz CT molecular complexity index is 156. The van der Waals surface area contributed by atoms with Gasteiger partial charge in [-0.1, -0.05) is 27.2 Å². The van der Waals surface area contributed by atoms with Crippen LogP contribution in [-0.2, 0) is 0 Å². The number of hydrogen-bond acceptors (Lipinski definition) is 2. The molecule has 1 unspecified atom stereocenters. The van der Waals surface area contributed by atoms with E-state index in [-0.39, 0.29) is 11.5 Å². The average molecular weight is 199 g/mol. The van der Waals surface area contributed by atoms with Gasteiger partial charge in [0.05, 0.1) is 6.10 Å². The predicted molar refractivity (Wildman–Crippen MR) is 60.4 cm³/mol. The third kappa shape index (κ3) is 4.97. The van der Waals surface area contributed by atoms with Gasteiger partial charge >= 0.3 is 0 Å². The molecule has 1 N–H and O–H groups in total. The quantitative estimate of drug-likeness (QED) is 0.753. The van der Waals surface area contributed by atoms with Crippen LogP contribution < -0.4 is 0 Å². The minimum atomic E-state index is -0.145. The Balaban J connectivity index is 2.21. The molecule has 1 rings (SSSR count). The van der Waals surface area contributed by atoms with Crippen molar-refractivity contribution in [1.82, 2.24) is 4.90 Å². The fourth-order valence-electron chi connectivity index (χ4n) is 2.21. The number of aliphatic hydroxyl groups excluding tert-OH is 1. The van der Waals surface area contributed by atoms with Crippen LogP contribution in [0.4, 0.5) is 0 Å². The molecule has 0 amide bonds. The number of β-amino-alcohol motifs (C(OH)–C–C–N with tert-alkyl or cyclic N) is 1. The Morgan fingerprint density at radius 3 is 2.21 bits per heavy atom. The molecule has 1 atom stereocenters. The molecule has 2 nitrogen and oxygen atoms in total. The van der Waals surface area contributed by atoms with Gasteiger partial charge in [0.15, 0.2) is 0 Å². The average Bonchev–Trinajstić information content (AvgIpc) is 2.02. The van der Waals surface area contributed by atoms with E-state index in [1.807, 2.05) is 0 Å². The zero-order valence-corrected chi connectivity index (χ0v) is 9.92. The van der Waals surface area contributed by atoms with Crippen molar-refractivity contribution in [1.29, 1.82) is 0 Å². The second-order valence-electron chi connectivity index (χ2n) is 5.78. The molecule has 0 aromatic heterocycles. The minimum absolute atomic E-state index is 0.145. The van der Waals surface area contributed by atoms with Crippen molar-refractivity contribution in [3.05, 3.63) is 0 Å². The highest BCUT2D eigenvalue weighted by Gasteiger charge is 2.19. The lowest BCUT2D eigenvalue weighted by Gasteiger charge is -2.30. The van der Waals surface area contributed by atoms with E-state index in [1.54, 1.807) is 0 Å². The van der Waals surface area contributed by atoms with Gasteiger partial charge in [0.1, 0.15) is 0 Å². The summed E-state index contributed by atoms with van der Waals surface area (Å²) in [6.45, 7) is 9.80. The van der Waals surface area contributed by atoms with Gasteiger partial charge in [-0.25, -0.2) is 0 Å². The van der Waals surface area contributed by atoms with E-state index in [9.17, 15) is 5.11 Å². The zero-order valence-electron chi connectivity index (χ0n) is 9.92. The van der Waals surface area contributed by atoms with E-state index in [2.05, 4.69) is 25.7 Å². The molecule has 0 aromatic carbocycles. The first kappa shape index (κ1) is 12.0. The van der Waals surface area contributed by atoms with Crippen molar-refractivity contribution < 1.29 is 5.11 Å². The van der Waals surface area contributed by atoms with Crippen molar-refractivity contribution in [2.75, 3.05) is 19.6 Å². The summed E-state index contributed by atoms with van der Waals surface area (Å²) in [4.78, 5) is 2.40. The third-order valence-electron chi connectivity index (χ3n) is 2.77. The molecule has 0 saturated carbocycles. The van der Waals surface area contributed by atoms with Gasteiger partial charge in [-0.3, -0.25) is 0 Å². The van der Waals surface area contributed by atoms with Crippen molar-refractivity contribution in [3.8, 4) is 0 Å². The Morgan fingerprint density at radius 2 is 1.71 bits per heavy atom. The maximum atomic E-state index is 9.90. The van der Waals surface area contributed by atoms with Gasteiger partial charge < -0.3 is 10.0 Å². The lowest BCUT2D eigenvalue weighted by molar-refractivity contribution is 0.0694. The van der Waals surface area contributed by atoms with Crippen LogP contribution in [-0.4, -0.2) is 35.7 Å². The summed E-state index contributed by atoms with van der Waals surface area (Å²) in [5.41, 5.74) is 0.245. The summed E-state index contributed by atoms with van der Waals surface area (Å²) in [5.74, 6) is 0. The Hall–Kier alpha value is -0.0800. The van der Waals surface area contributed by atoms with E-state index in [1.165, 1.54) is 32.4 Å². The first-order valence-electron chi connectivity index (χ1n) is 5.88. The minimum Gasteiger partial charge on any atom is -0.392 e. The SMILES string of the molecule is CC(C)(C)CC(O)CN1CCCCC1. The molecule has 0 aliphatic carbocycles. The highest BCUT2D eigenvalue weighted by atomic mass is 16.3. The standard InChI is InChI=1S/C12H25NO/c1-12(2,3)9-11(14)10-13-7-5-4-6-8-13/h11,14H,4-10H2,1-3H3. The molecule has 1 heterocycles. The van der Waals surface area contributed by atoms with Crippen LogP contribution in [0.15, 0.2) is 0 Å². The maximum Gasteiger partial charge on any atom is 0.0672 e. The molecule has 0 bridgehead atoms. The fourth-order valence-corrected chi connectivity index (χ4v) is 2.21.